The summed E-state index contributed by atoms with van der Waals surface area (Å²) in [6.07, 6.45) is 4.32. The number of hydrogen-bond donors (Lipinski definition) is 3. The number of primary amides is 1. The molecule has 0 bridgehead atoms. The number of ether oxygens (including phenoxy) is 2. The lowest BCUT2D eigenvalue weighted by atomic mass is 10.1. The third kappa shape index (κ3) is 5.03. The topological polar surface area (TPSA) is 140 Å². The maximum atomic E-state index is 12.7. The zero-order chi connectivity index (χ0) is 20.8. The van der Waals surface area contributed by atoms with Crippen LogP contribution in [-0.4, -0.2) is 48.7 Å². The highest BCUT2D eigenvalue weighted by atomic mass is 16.7. The van der Waals surface area contributed by atoms with Crippen LogP contribution in [0, 0.1) is 0 Å². The molecule has 10 nitrogen and oxygen atoms in total. The van der Waals surface area contributed by atoms with Gasteiger partial charge in [0.05, 0.1) is 0 Å². The van der Waals surface area contributed by atoms with Crippen molar-refractivity contribution in [2.75, 3.05) is 19.9 Å². The van der Waals surface area contributed by atoms with Crippen LogP contribution >= 0.6 is 0 Å². The molecule has 1 aromatic carbocycles. The van der Waals surface area contributed by atoms with Crippen molar-refractivity contribution >= 4 is 30.0 Å². The molecule has 2 heterocycles. The number of barbiturate groups is 1. The molecule has 0 unspecified atom stereocenters. The van der Waals surface area contributed by atoms with E-state index in [-0.39, 0.29) is 18.9 Å². The van der Waals surface area contributed by atoms with Gasteiger partial charge >= 0.3 is 12.1 Å². The van der Waals surface area contributed by atoms with Crippen LogP contribution < -0.4 is 25.8 Å². The molecule has 10 heteroatoms. The molecular formula is C19H22N4O6. The van der Waals surface area contributed by atoms with Crippen LogP contribution in [0.1, 0.15) is 31.2 Å². The van der Waals surface area contributed by atoms with Gasteiger partial charge < -0.3 is 20.5 Å². The van der Waals surface area contributed by atoms with Crippen molar-refractivity contribution in [2.24, 2.45) is 5.73 Å². The predicted octanol–water partition coefficient (Wildman–Crippen LogP) is 1.11. The van der Waals surface area contributed by atoms with Gasteiger partial charge in [0.1, 0.15) is 5.57 Å². The van der Waals surface area contributed by atoms with E-state index in [1.54, 1.807) is 18.2 Å². The van der Waals surface area contributed by atoms with Crippen LogP contribution in [0.2, 0.25) is 0 Å². The summed E-state index contributed by atoms with van der Waals surface area (Å²) in [5, 5.41) is 4.70. The second-order valence-corrected chi connectivity index (χ2v) is 6.59. The summed E-state index contributed by atoms with van der Waals surface area (Å²) in [5.74, 6) is -0.241. The van der Waals surface area contributed by atoms with E-state index in [9.17, 15) is 19.2 Å². The third-order valence-corrected chi connectivity index (χ3v) is 4.50. The number of urea groups is 2. The van der Waals surface area contributed by atoms with Crippen molar-refractivity contribution in [2.45, 2.75) is 25.7 Å². The van der Waals surface area contributed by atoms with E-state index < -0.39 is 23.9 Å². The summed E-state index contributed by atoms with van der Waals surface area (Å²) in [7, 11) is 0. The number of nitrogens with one attached hydrogen (secondary N) is 2. The molecule has 0 saturated carbocycles. The molecular weight excluding hydrogens is 380 g/mol. The number of fused-ring (bicyclic) bond motifs is 1. The van der Waals surface area contributed by atoms with Crippen LogP contribution in [0.25, 0.3) is 6.08 Å². The Hall–Kier alpha value is -3.56. The fraction of sp³-hybridized carbons (Fsp3) is 0.368. The van der Waals surface area contributed by atoms with Crippen LogP contribution in [0.4, 0.5) is 9.59 Å². The van der Waals surface area contributed by atoms with Gasteiger partial charge in [0.25, 0.3) is 11.8 Å². The van der Waals surface area contributed by atoms with Gasteiger partial charge in [-0.15, -0.1) is 0 Å². The second-order valence-electron chi connectivity index (χ2n) is 6.59. The smallest absolute Gasteiger partial charge is 0.331 e. The minimum Gasteiger partial charge on any atom is -0.454 e. The molecule has 1 saturated heterocycles. The lowest BCUT2D eigenvalue weighted by Gasteiger charge is -2.26. The Morgan fingerprint density at radius 3 is 2.69 bits per heavy atom. The molecule has 4 N–H and O–H groups in total. The van der Waals surface area contributed by atoms with Gasteiger partial charge in [0, 0.05) is 13.1 Å². The Morgan fingerprint density at radius 1 is 1.14 bits per heavy atom. The second kappa shape index (κ2) is 9.09. The number of carbonyl (C=O) groups is 4. The number of amides is 6. The molecule has 1 fully saturated rings. The maximum Gasteiger partial charge on any atom is 0.331 e. The summed E-state index contributed by atoms with van der Waals surface area (Å²) >= 11 is 0. The number of rotatable bonds is 8. The summed E-state index contributed by atoms with van der Waals surface area (Å²) in [4.78, 5) is 48.5. The minimum atomic E-state index is -0.730. The largest absolute Gasteiger partial charge is 0.454 e. The standard InChI is InChI=1S/C19H22N4O6/c20-18(26)21-7-3-1-2-4-8-23-17(25)13(16(24)22-19(23)27)9-12-5-6-14-15(10-12)29-11-28-14/h5-6,9-10H,1-4,7-8,11H2,(H3,20,21,26)(H,22,24,27)/b13-9-. The molecule has 3 rings (SSSR count). The van der Waals surface area contributed by atoms with E-state index in [1.807, 2.05) is 0 Å². The first kappa shape index (κ1) is 20.2. The van der Waals surface area contributed by atoms with Gasteiger partial charge in [-0.2, -0.15) is 0 Å². The Bertz CT molecular complexity index is 866. The van der Waals surface area contributed by atoms with E-state index in [0.717, 1.165) is 24.2 Å². The van der Waals surface area contributed by atoms with E-state index in [2.05, 4.69) is 10.6 Å². The minimum absolute atomic E-state index is 0.117. The van der Waals surface area contributed by atoms with E-state index in [0.29, 0.717) is 30.0 Å². The molecule has 2 aliphatic heterocycles. The predicted molar refractivity (Wildman–Crippen MR) is 102 cm³/mol. The van der Waals surface area contributed by atoms with Crippen LogP contribution in [0.15, 0.2) is 23.8 Å². The highest BCUT2D eigenvalue weighted by Crippen LogP contribution is 2.33. The van der Waals surface area contributed by atoms with Crippen molar-refractivity contribution in [1.82, 2.24) is 15.5 Å². The van der Waals surface area contributed by atoms with E-state index in [4.69, 9.17) is 15.2 Å². The lowest BCUT2D eigenvalue weighted by Crippen LogP contribution is -2.54. The molecule has 154 valence electrons. The normalized spacial score (nSPS) is 16.9. The Kier molecular flexibility index (Phi) is 6.32. The number of nitrogens with two attached hydrogens (primary N) is 1. The maximum absolute atomic E-state index is 12.7. The first-order valence-corrected chi connectivity index (χ1v) is 9.27. The Balaban J connectivity index is 1.58. The first-order chi connectivity index (χ1) is 14.0. The summed E-state index contributed by atoms with van der Waals surface area (Å²) in [6.45, 7) is 0.796. The highest BCUT2D eigenvalue weighted by Gasteiger charge is 2.35. The molecule has 2 aliphatic rings. The van der Waals surface area contributed by atoms with E-state index >= 15 is 0 Å². The number of imide groups is 2. The van der Waals surface area contributed by atoms with Crippen molar-refractivity contribution in [1.29, 1.82) is 0 Å². The summed E-state index contributed by atoms with van der Waals surface area (Å²) in [5.41, 5.74) is 5.45. The number of carbonyl (C=O) groups excluding carboxylic acids is 4. The van der Waals surface area contributed by atoms with Gasteiger partial charge in [0.2, 0.25) is 6.79 Å². The fourth-order valence-electron chi connectivity index (χ4n) is 3.03. The Morgan fingerprint density at radius 2 is 1.90 bits per heavy atom. The third-order valence-electron chi connectivity index (χ3n) is 4.50. The van der Waals surface area contributed by atoms with Crippen molar-refractivity contribution < 1.29 is 28.7 Å². The van der Waals surface area contributed by atoms with Gasteiger partial charge in [-0.05, 0) is 36.6 Å². The number of nitrogens with zero attached hydrogens (tertiary/aromatic N) is 1. The lowest BCUT2D eigenvalue weighted by molar-refractivity contribution is -0.130. The molecule has 29 heavy (non-hydrogen) atoms. The molecule has 1 aromatic rings. The van der Waals surface area contributed by atoms with Crippen LogP contribution in [-0.2, 0) is 9.59 Å². The average Bonchev–Trinajstić information content (AvgIpc) is 3.14. The van der Waals surface area contributed by atoms with Crippen LogP contribution in [0.5, 0.6) is 11.5 Å². The highest BCUT2D eigenvalue weighted by molar-refractivity contribution is 6.31. The van der Waals surface area contributed by atoms with Gasteiger partial charge in [0.15, 0.2) is 11.5 Å². The summed E-state index contributed by atoms with van der Waals surface area (Å²) in [6, 6.07) is 3.76. The number of hydrogen-bond acceptors (Lipinski definition) is 6. The Labute approximate surface area is 167 Å². The van der Waals surface area contributed by atoms with Crippen molar-refractivity contribution in [3.05, 3.63) is 29.3 Å². The molecule has 0 aliphatic carbocycles. The molecule has 0 spiro atoms. The molecule has 0 aromatic heterocycles. The summed E-state index contributed by atoms with van der Waals surface area (Å²) < 4.78 is 10.5. The van der Waals surface area contributed by atoms with E-state index in [1.165, 1.54) is 6.08 Å². The van der Waals surface area contributed by atoms with Crippen LogP contribution in [0.3, 0.4) is 0 Å². The van der Waals surface area contributed by atoms with Gasteiger partial charge in [-0.25, -0.2) is 9.59 Å². The molecule has 0 radical (unpaired) electrons. The van der Waals surface area contributed by atoms with Gasteiger partial charge in [-0.3, -0.25) is 19.8 Å². The zero-order valence-corrected chi connectivity index (χ0v) is 15.7. The quantitative estimate of drug-likeness (QED) is 0.338. The first-order valence-electron chi connectivity index (χ1n) is 9.27. The monoisotopic (exact) mass is 402 g/mol. The number of unbranched alkanes of at least 4 members (excludes halogenated alkanes) is 3. The number of benzene rings is 1. The molecule has 6 amide bonds. The van der Waals surface area contributed by atoms with Crippen molar-refractivity contribution in [3.63, 3.8) is 0 Å². The average molecular weight is 402 g/mol. The molecule has 0 atom stereocenters. The van der Waals surface area contributed by atoms with Gasteiger partial charge in [-0.1, -0.05) is 18.9 Å². The fourth-order valence-corrected chi connectivity index (χ4v) is 3.03. The SMILES string of the molecule is NC(=O)NCCCCCCN1C(=O)NC(=O)/C(=C/c2ccc3c(c2)OCO3)C1=O. The van der Waals surface area contributed by atoms with Crippen molar-refractivity contribution in [3.8, 4) is 11.5 Å². The zero-order valence-electron chi connectivity index (χ0n) is 15.7.